The van der Waals surface area contributed by atoms with E-state index in [2.05, 4.69) is 15.6 Å². The Hall–Kier alpha value is -1.10. The number of rotatable bonds is 4. The summed E-state index contributed by atoms with van der Waals surface area (Å²) in [6.45, 7) is 6.41. The van der Waals surface area contributed by atoms with Crippen LogP contribution in [-0.2, 0) is 9.53 Å². The summed E-state index contributed by atoms with van der Waals surface area (Å²) in [4.78, 5) is 16.0. The van der Waals surface area contributed by atoms with E-state index in [0.717, 1.165) is 6.42 Å². The zero-order valence-electron chi connectivity index (χ0n) is 9.76. The van der Waals surface area contributed by atoms with Crippen LogP contribution in [0.15, 0.2) is 4.99 Å². The van der Waals surface area contributed by atoms with Crippen LogP contribution in [0.5, 0.6) is 0 Å². The van der Waals surface area contributed by atoms with Crippen molar-refractivity contribution in [3.8, 4) is 0 Å². The lowest BCUT2D eigenvalue weighted by Crippen LogP contribution is -2.53. The van der Waals surface area contributed by atoms with Crippen molar-refractivity contribution in [2.75, 3.05) is 13.7 Å². The minimum Gasteiger partial charge on any atom is -0.379 e. The molecule has 1 amide bonds. The second kappa shape index (κ2) is 4.61. The van der Waals surface area contributed by atoms with E-state index in [1.807, 2.05) is 20.8 Å². The van der Waals surface area contributed by atoms with Crippen LogP contribution in [0.1, 0.15) is 27.2 Å². The molecule has 1 heterocycles. The Morgan fingerprint density at radius 2 is 2.27 bits per heavy atom. The number of nitrogens with one attached hydrogen (secondary N) is 2. The molecular weight excluding hydrogens is 194 g/mol. The molecule has 2 N–H and O–H groups in total. The SMILES string of the molecule is CCCN=C1NC(=O)C(C)(C(C)OC)N1. The van der Waals surface area contributed by atoms with Gasteiger partial charge in [-0.15, -0.1) is 0 Å². The average Bonchev–Trinajstić information content (AvgIpc) is 2.52. The molecule has 0 aliphatic carbocycles. The van der Waals surface area contributed by atoms with Gasteiger partial charge in [0.25, 0.3) is 5.91 Å². The first kappa shape index (κ1) is 12.0. The van der Waals surface area contributed by atoms with Gasteiger partial charge < -0.3 is 10.1 Å². The number of amides is 1. The maximum atomic E-state index is 11.7. The molecule has 0 aromatic carbocycles. The van der Waals surface area contributed by atoms with E-state index in [4.69, 9.17) is 4.74 Å². The molecular formula is C10H19N3O2. The predicted octanol–water partition coefficient (Wildman–Crippen LogP) is 0.265. The molecule has 0 saturated carbocycles. The molecule has 15 heavy (non-hydrogen) atoms. The Bertz CT molecular complexity index is 278. The van der Waals surface area contributed by atoms with Gasteiger partial charge in [-0.1, -0.05) is 6.92 Å². The number of nitrogens with zero attached hydrogens (tertiary/aromatic N) is 1. The molecule has 1 aliphatic heterocycles. The first-order valence-electron chi connectivity index (χ1n) is 5.21. The lowest BCUT2D eigenvalue weighted by molar-refractivity contribution is -0.127. The highest BCUT2D eigenvalue weighted by Crippen LogP contribution is 2.16. The normalized spacial score (nSPS) is 30.1. The maximum absolute atomic E-state index is 11.7. The molecule has 1 aliphatic rings. The molecule has 5 nitrogen and oxygen atoms in total. The number of carbonyl (C=O) groups is 1. The summed E-state index contributed by atoms with van der Waals surface area (Å²) >= 11 is 0. The number of carbonyl (C=O) groups excluding carboxylic acids is 1. The third-order valence-corrected chi connectivity index (χ3v) is 2.74. The Kier molecular flexibility index (Phi) is 3.68. The minimum atomic E-state index is -0.721. The Balaban J connectivity index is 2.75. The standard InChI is InChI=1S/C10H19N3O2/c1-5-6-11-9-12-8(14)10(3,13-9)7(2)15-4/h7H,5-6H2,1-4H3,(H2,11,12,13,14). The van der Waals surface area contributed by atoms with Gasteiger partial charge in [0.05, 0.1) is 6.10 Å². The maximum Gasteiger partial charge on any atom is 0.254 e. The van der Waals surface area contributed by atoms with Gasteiger partial charge in [-0.05, 0) is 20.3 Å². The van der Waals surface area contributed by atoms with E-state index in [9.17, 15) is 4.79 Å². The number of hydrogen-bond acceptors (Lipinski definition) is 3. The number of hydrogen-bond donors (Lipinski definition) is 2. The molecule has 1 fully saturated rings. The Morgan fingerprint density at radius 1 is 1.60 bits per heavy atom. The fourth-order valence-corrected chi connectivity index (χ4v) is 1.40. The topological polar surface area (TPSA) is 62.7 Å². The zero-order chi connectivity index (χ0) is 11.5. The summed E-state index contributed by atoms with van der Waals surface area (Å²) in [5, 5.41) is 5.78. The van der Waals surface area contributed by atoms with Crippen LogP contribution in [0.4, 0.5) is 0 Å². The second-order valence-corrected chi connectivity index (χ2v) is 3.89. The van der Waals surface area contributed by atoms with Gasteiger partial charge in [-0.2, -0.15) is 0 Å². The lowest BCUT2D eigenvalue weighted by atomic mass is 9.96. The molecule has 0 aromatic heterocycles. The third-order valence-electron chi connectivity index (χ3n) is 2.74. The highest BCUT2D eigenvalue weighted by molar-refractivity contribution is 6.09. The predicted molar refractivity (Wildman–Crippen MR) is 58.7 cm³/mol. The quantitative estimate of drug-likeness (QED) is 0.704. The Morgan fingerprint density at radius 3 is 2.80 bits per heavy atom. The fourth-order valence-electron chi connectivity index (χ4n) is 1.40. The van der Waals surface area contributed by atoms with Crippen molar-refractivity contribution in [3.05, 3.63) is 0 Å². The average molecular weight is 213 g/mol. The van der Waals surface area contributed by atoms with E-state index in [1.165, 1.54) is 0 Å². The first-order valence-corrected chi connectivity index (χ1v) is 5.21. The molecule has 2 unspecified atom stereocenters. The number of guanidine groups is 1. The van der Waals surface area contributed by atoms with Crippen molar-refractivity contribution in [3.63, 3.8) is 0 Å². The van der Waals surface area contributed by atoms with E-state index < -0.39 is 5.54 Å². The van der Waals surface area contributed by atoms with Crippen LogP contribution in [0.25, 0.3) is 0 Å². The summed E-state index contributed by atoms with van der Waals surface area (Å²) in [6, 6.07) is 0. The van der Waals surface area contributed by atoms with Crippen molar-refractivity contribution < 1.29 is 9.53 Å². The molecule has 1 saturated heterocycles. The van der Waals surface area contributed by atoms with Gasteiger partial charge in [0.1, 0.15) is 5.54 Å². The highest BCUT2D eigenvalue weighted by atomic mass is 16.5. The molecule has 86 valence electrons. The van der Waals surface area contributed by atoms with E-state index in [-0.39, 0.29) is 12.0 Å². The number of aliphatic imine (C=N–C) groups is 1. The van der Waals surface area contributed by atoms with Crippen LogP contribution >= 0.6 is 0 Å². The van der Waals surface area contributed by atoms with Crippen molar-refractivity contribution in [1.82, 2.24) is 10.6 Å². The van der Waals surface area contributed by atoms with Crippen molar-refractivity contribution >= 4 is 11.9 Å². The van der Waals surface area contributed by atoms with Crippen LogP contribution in [0.3, 0.4) is 0 Å². The molecule has 5 heteroatoms. The summed E-state index contributed by atoms with van der Waals surface area (Å²) < 4.78 is 5.18. The van der Waals surface area contributed by atoms with Crippen LogP contribution in [0.2, 0.25) is 0 Å². The van der Waals surface area contributed by atoms with Gasteiger partial charge in [-0.25, -0.2) is 0 Å². The van der Waals surface area contributed by atoms with Gasteiger partial charge >= 0.3 is 0 Å². The van der Waals surface area contributed by atoms with E-state index >= 15 is 0 Å². The molecule has 0 radical (unpaired) electrons. The number of methoxy groups -OCH3 is 1. The zero-order valence-corrected chi connectivity index (χ0v) is 9.76. The van der Waals surface area contributed by atoms with Gasteiger partial charge in [-0.3, -0.25) is 15.1 Å². The molecule has 0 spiro atoms. The molecule has 0 aromatic rings. The third kappa shape index (κ3) is 2.28. The summed E-state index contributed by atoms with van der Waals surface area (Å²) in [7, 11) is 1.59. The second-order valence-electron chi connectivity index (χ2n) is 3.89. The molecule has 2 atom stereocenters. The van der Waals surface area contributed by atoms with Crippen LogP contribution in [0, 0.1) is 0 Å². The monoisotopic (exact) mass is 213 g/mol. The lowest BCUT2D eigenvalue weighted by Gasteiger charge is -2.27. The summed E-state index contributed by atoms with van der Waals surface area (Å²) in [5.41, 5.74) is -0.721. The summed E-state index contributed by atoms with van der Waals surface area (Å²) in [6.07, 6.45) is 0.754. The Labute approximate surface area is 90.3 Å². The van der Waals surface area contributed by atoms with Crippen LogP contribution in [-0.4, -0.2) is 37.2 Å². The van der Waals surface area contributed by atoms with Crippen LogP contribution < -0.4 is 10.6 Å². The fraction of sp³-hybridized carbons (Fsp3) is 0.800. The highest BCUT2D eigenvalue weighted by Gasteiger charge is 2.45. The van der Waals surface area contributed by atoms with Gasteiger partial charge in [0.15, 0.2) is 5.96 Å². The summed E-state index contributed by atoms with van der Waals surface area (Å²) in [5.74, 6) is 0.458. The van der Waals surface area contributed by atoms with E-state index in [0.29, 0.717) is 12.5 Å². The minimum absolute atomic E-state index is 0.0910. The number of ether oxygens (including phenoxy) is 1. The van der Waals surface area contributed by atoms with Crippen molar-refractivity contribution in [2.24, 2.45) is 4.99 Å². The van der Waals surface area contributed by atoms with E-state index in [1.54, 1.807) is 7.11 Å². The van der Waals surface area contributed by atoms with Gasteiger partial charge in [0.2, 0.25) is 0 Å². The first-order chi connectivity index (χ1) is 7.04. The van der Waals surface area contributed by atoms with Crippen molar-refractivity contribution in [1.29, 1.82) is 0 Å². The largest absolute Gasteiger partial charge is 0.379 e. The molecule has 1 rings (SSSR count). The van der Waals surface area contributed by atoms with Crippen molar-refractivity contribution in [2.45, 2.75) is 38.8 Å². The molecule has 0 bridgehead atoms. The smallest absolute Gasteiger partial charge is 0.254 e. The van der Waals surface area contributed by atoms with Gasteiger partial charge in [0, 0.05) is 13.7 Å².